The average molecular weight is 459 g/mol. The van der Waals surface area contributed by atoms with Crippen LogP contribution in [0.25, 0.3) is 0 Å². The third-order valence-corrected chi connectivity index (χ3v) is 6.35. The van der Waals surface area contributed by atoms with Crippen molar-refractivity contribution in [1.82, 2.24) is 9.62 Å². The van der Waals surface area contributed by atoms with E-state index in [0.29, 0.717) is 36.2 Å². The number of sulfonamides is 1. The molecule has 1 amide bonds. The molecule has 0 spiro atoms. The predicted molar refractivity (Wildman–Crippen MR) is 115 cm³/mol. The van der Waals surface area contributed by atoms with Crippen LogP contribution in [0.4, 0.5) is 0 Å². The van der Waals surface area contributed by atoms with Crippen molar-refractivity contribution in [3.63, 3.8) is 0 Å². The number of carbonyl (C=O) groups is 1. The van der Waals surface area contributed by atoms with Crippen molar-refractivity contribution in [2.24, 2.45) is 0 Å². The third kappa shape index (κ3) is 7.60. The molecule has 0 atom stereocenters. The Balaban J connectivity index is 2.15. The molecule has 2 aromatic carbocycles. The maximum Gasteiger partial charge on any atom is 0.243 e. The molecule has 0 heterocycles. The lowest BCUT2D eigenvalue weighted by Gasteiger charge is -2.22. The van der Waals surface area contributed by atoms with Gasteiger partial charge in [-0.25, -0.2) is 8.42 Å². The Labute approximate surface area is 181 Å². The highest BCUT2D eigenvalue weighted by atomic mass is 35.5. The second-order valence-electron chi connectivity index (χ2n) is 6.25. The number of hydrogen-bond donors (Lipinski definition) is 1. The van der Waals surface area contributed by atoms with Crippen LogP contribution in [-0.4, -0.2) is 44.9 Å². The minimum absolute atomic E-state index is 0.0362. The van der Waals surface area contributed by atoms with Gasteiger partial charge in [-0.1, -0.05) is 35.3 Å². The summed E-state index contributed by atoms with van der Waals surface area (Å²) in [5.74, 6) is -0.381. The number of amides is 1. The van der Waals surface area contributed by atoms with Gasteiger partial charge >= 0.3 is 0 Å². The molecule has 0 saturated carbocycles. The number of halogens is 2. The molecule has 0 bridgehead atoms. The van der Waals surface area contributed by atoms with Crippen molar-refractivity contribution >= 4 is 39.1 Å². The van der Waals surface area contributed by atoms with Crippen LogP contribution >= 0.6 is 23.2 Å². The number of carbonyl (C=O) groups excluding carboxylic acids is 1. The molecule has 2 rings (SSSR count). The maximum absolute atomic E-state index is 13.1. The SMILES string of the molecule is CCOCCCNC(=O)CN(Cc1ccc(Cl)cc1)S(=O)(=O)c1ccc(Cl)cc1. The fourth-order valence-corrected chi connectivity index (χ4v) is 4.17. The molecular weight excluding hydrogens is 435 g/mol. The molecule has 0 aliphatic heterocycles. The summed E-state index contributed by atoms with van der Waals surface area (Å²) in [5, 5.41) is 3.71. The molecule has 0 radical (unpaired) electrons. The van der Waals surface area contributed by atoms with Gasteiger partial charge in [0, 0.05) is 36.3 Å². The standard InChI is InChI=1S/C20H24Cl2N2O4S/c1-2-28-13-3-12-23-20(25)15-24(14-16-4-6-17(21)7-5-16)29(26,27)19-10-8-18(22)9-11-19/h4-11H,2-3,12-15H2,1H3,(H,23,25). The molecule has 0 aromatic heterocycles. The fourth-order valence-electron chi connectivity index (χ4n) is 2.54. The van der Waals surface area contributed by atoms with Gasteiger partial charge in [-0.05, 0) is 55.3 Å². The predicted octanol–water partition coefficient (Wildman–Crippen LogP) is 3.73. The number of benzene rings is 2. The van der Waals surface area contributed by atoms with Gasteiger partial charge in [-0.2, -0.15) is 4.31 Å². The zero-order chi connectivity index (χ0) is 21.3. The highest BCUT2D eigenvalue weighted by Crippen LogP contribution is 2.21. The van der Waals surface area contributed by atoms with Gasteiger partial charge in [-0.15, -0.1) is 0 Å². The number of hydrogen-bond acceptors (Lipinski definition) is 4. The lowest BCUT2D eigenvalue weighted by molar-refractivity contribution is -0.121. The zero-order valence-electron chi connectivity index (χ0n) is 16.1. The van der Waals surface area contributed by atoms with Crippen LogP contribution in [-0.2, 0) is 26.1 Å². The van der Waals surface area contributed by atoms with Crippen LogP contribution in [0.15, 0.2) is 53.4 Å². The van der Waals surface area contributed by atoms with Gasteiger partial charge in [0.25, 0.3) is 0 Å². The smallest absolute Gasteiger partial charge is 0.243 e. The highest BCUT2D eigenvalue weighted by Gasteiger charge is 2.26. The first kappa shape index (κ1) is 23.6. The molecule has 0 aliphatic rings. The van der Waals surface area contributed by atoms with E-state index >= 15 is 0 Å². The molecule has 0 aliphatic carbocycles. The van der Waals surface area contributed by atoms with Gasteiger partial charge in [-0.3, -0.25) is 4.79 Å². The van der Waals surface area contributed by atoms with E-state index in [9.17, 15) is 13.2 Å². The second kappa shape index (κ2) is 11.5. The normalized spacial score (nSPS) is 11.6. The van der Waals surface area contributed by atoms with Crippen molar-refractivity contribution in [3.05, 3.63) is 64.1 Å². The molecule has 2 aromatic rings. The lowest BCUT2D eigenvalue weighted by atomic mass is 10.2. The summed E-state index contributed by atoms with van der Waals surface area (Å²) < 4.78 is 32.6. The van der Waals surface area contributed by atoms with Crippen molar-refractivity contribution < 1.29 is 17.9 Å². The maximum atomic E-state index is 13.1. The van der Waals surface area contributed by atoms with Crippen molar-refractivity contribution in [1.29, 1.82) is 0 Å². The first-order chi connectivity index (χ1) is 13.8. The Morgan fingerprint density at radius 1 is 1.03 bits per heavy atom. The number of ether oxygens (including phenoxy) is 1. The molecule has 9 heteroatoms. The highest BCUT2D eigenvalue weighted by molar-refractivity contribution is 7.89. The fraction of sp³-hybridized carbons (Fsp3) is 0.350. The van der Waals surface area contributed by atoms with Gasteiger partial charge in [0.05, 0.1) is 11.4 Å². The van der Waals surface area contributed by atoms with Crippen molar-refractivity contribution in [2.75, 3.05) is 26.3 Å². The van der Waals surface area contributed by atoms with E-state index in [1.54, 1.807) is 24.3 Å². The summed E-state index contributed by atoms with van der Waals surface area (Å²) in [6.07, 6.45) is 0.653. The van der Waals surface area contributed by atoms with Crippen molar-refractivity contribution in [2.45, 2.75) is 24.8 Å². The van der Waals surface area contributed by atoms with Crippen LogP contribution in [0.2, 0.25) is 10.0 Å². The van der Waals surface area contributed by atoms with E-state index in [-0.39, 0.29) is 23.9 Å². The molecule has 0 fully saturated rings. The Kier molecular flexibility index (Phi) is 9.39. The molecule has 158 valence electrons. The molecular formula is C20H24Cl2N2O4S. The largest absolute Gasteiger partial charge is 0.382 e. The molecule has 0 unspecified atom stereocenters. The summed E-state index contributed by atoms with van der Waals surface area (Å²) in [6.45, 7) is 3.19. The monoisotopic (exact) mass is 458 g/mol. The molecule has 1 N–H and O–H groups in total. The number of rotatable bonds is 11. The number of nitrogens with one attached hydrogen (secondary N) is 1. The third-order valence-electron chi connectivity index (χ3n) is 4.04. The van der Waals surface area contributed by atoms with Crippen molar-refractivity contribution in [3.8, 4) is 0 Å². The Morgan fingerprint density at radius 2 is 1.62 bits per heavy atom. The molecule has 29 heavy (non-hydrogen) atoms. The van der Waals surface area contributed by atoms with E-state index in [1.807, 2.05) is 6.92 Å². The van der Waals surface area contributed by atoms with Crippen LogP contribution in [0.1, 0.15) is 18.9 Å². The average Bonchev–Trinajstić information content (AvgIpc) is 2.69. The summed E-state index contributed by atoms with van der Waals surface area (Å²) in [7, 11) is -3.90. The van der Waals surface area contributed by atoms with E-state index < -0.39 is 10.0 Å². The van der Waals surface area contributed by atoms with Crippen LogP contribution in [0.3, 0.4) is 0 Å². The Hall–Kier alpha value is -1.64. The Bertz CT molecular complexity index is 888. The van der Waals surface area contributed by atoms with Gasteiger partial charge < -0.3 is 10.1 Å². The quantitative estimate of drug-likeness (QED) is 0.520. The molecule has 6 nitrogen and oxygen atoms in total. The first-order valence-electron chi connectivity index (χ1n) is 9.17. The van der Waals surface area contributed by atoms with Crippen LogP contribution < -0.4 is 5.32 Å². The topological polar surface area (TPSA) is 75.7 Å². The minimum Gasteiger partial charge on any atom is -0.382 e. The van der Waals surface area contributed by atoms with E-state index in [2.05, 4.69) is 5.32 Å². The van der Waals surface area contributed by atoms with E-state index in [0.717, 1.165) is 9.87 Å². The second-order valence-corrected chi connectivity index (χ2v) is 9.06. The summed E-state index contributed by atoms with van der Waals surface area (Å²) in [6, 6.07) is 12.7. The number of nitrogens with zero attached hydrogens (tertiary/aromatic N) is 1. The van der Waals surface area contributed by atoms with E-state index in [4.69, 9.17) is 27.9 Å². The first-order valence-corrected chi connectivity index (χ1v) is 11.4. The molecule has 0 saturated heterocycles. The van der Waals surface area contributed by atoms with Gasteiger partial charge in [0.1, 0.15) is 0 Å². The summed E-state index contributed by atoms with van der Waals surface area (Å²) in [4.78, 5) is 12.4. The zero-order valence-corrected chi connectivity index (χ0v) is 18.4. The van der Waals surface area contributed by atoms with Gasteiger partial charge in [0.15, 0.2) is 0 Å². The lowest BCUT2D eigenvalue weighted by Crippen LogP contribution is -2.40. The van der Waals surface area contributed by atoms with Gasteiger partial charge in [0.2, 0.25) is 15.9 Å². The summed E-state index contributed by atoms with van der Waals surface area (Å²) >= 11 is 11.8. The van der Waals surface area contributed by atoms with E-state index in [1.165, 1.54) is 24.3 Å². The Morgan fingerprint density at radius 3 is 2.21 bits per heavy atom. The van der Waals surface area contributed by atoms with Crippen LogP contribution in [0, 0.1) is 0 Å². The minimum atomic E-state index is -3.90. The summed E-state index contributed by atoms with van der Waals surface area (Å²) in [5.41, 5.74) is 0.719. The van der Waals surface area contributed by atoms with Crippen LogP contribution in [0.5, 0.6) is 0 Å².